The molecule has 0 aliphatic carbocycles. The second-order valence-electron chi connectivity index (χ2n) is 5.02. The molecule has 1 N–H and O–H groups in total. The summed E-state index contributed by atoms with van der Waals surface area (Å²) >= 11 is 0. The minimum atomic E-state index is -0.508. The third-order valence-corrected chi connectivity index (χ3v) is 2.30. The van der Waals surface area contributed by atoms with Gasteiger partial charge in [-0.15, -0.1) is 0 Å². The van der Waals surface area contributed by atoms with Gasteiger partial charge in [0.15, 0.2) is 0 Å². The fourth-order valence-electron chi connectivity index (χ4n) is 1.44. The first-order valence-corrected chi connectivity index (χ1v) is 5.98. The zero-order chi connectivity index (χ0) is 14.5. The van der Waals surface area contributed by atoms with Crippen molar-refractivity contribution in [1.82, 2.24) is 0 Å². The highest BCUT2D eigenvalue weighted by atomic mass is 16.6. The Hall–Kier alpha value is -1.66. The molecule has 0 bridgehead atoms. The fourth-order valence-corrected chi connectivity index (χ4v) is 1.44. The topological polar surface area (TPSA) is 81.8 Å². The SMILES string of the molecule is CC(C)(C)OCCOc1ccc([N+](=O)[O-])cc1CO. The molecule has 6 nitrogen and oxygen atoms in total. The van der Waals surface area contributed by atoms with E-state index in [1.54, 1.807) is 0 Å². The van der Waals surface area contributed by atoms with Gasteiger partial charge in [0, 0.05) is 17.7 Å². The Balaban J connectivity index is 2.61. The van der Waals surface area contributed by atoms with E-state index in [-0.39, 0.29) is 17.9 Å². The summed E-state index contributed by atoms with van der Waals surface area (Å²) < 4.78 is 10.9. The van der Waals surface area contributed by atoms with Crippen LogP contribution in [0.3, 0.4) is 0 Å². The molecule has 0 aliphatic rings. The molecule has 1 aromatic carbocycles. The van der Waals surface area contributed by atoms with E-state index in [2.05, 4.69) is 0 Å². The maximum absolute atomic E-state index is 10.6. The van der Waals surface area contributed by atoms with Crippen LogP contribution in [0.1, 0.15) is 26.3 Å². The molecule has 0 spiro atoms. The van der Waals surface area contributed by atoms with Crippen molar-refractivity contribution < 1.29 is 19.5 Å². The van der Waals surface area contributed by atoms with Gasteiger partial charge < -0.3 is 14.6 Å². The van der Waals surface area contributed by atoms with E-state index in [1.807, 2.05) is 20.8 Å². The van der Waals surface area contributed by atoms with Crippen molar-refractivity contribution in [1.29, 1.82) is 0 Å². The predicted molar refractivity (Wildman–Crippen MR) is 70.2 cm³/mol. The molecule has 0 aliphatic heterocycles. The highest BCUT2D eigenvalue weighted by molar-refractivity contribution is 5.43. The number of hydrogen-bond donors (Lipinski definition) is 1. The highest BCUT2D eigenvalue weighted by Gasteiger charge is 2.12. The lowest BCUT2D eigenvalue weighted by atomic mass is 10.2. The summed E-state index contributed by atoms with van der Waals surface area (Å²) in [7, 11) is 0. The number of rotatable bonds is 6. The third kappa shape index (κ3) is 5.23. The van der Waals surface area contributed by atoms with Crippen LogP contribution < -0.4 is 4.74 Å². The lowest BCUT2D eigenvalue weighted by Crippen LogP contribution is -2.22. The summed E-state index contributed by atoms with van der Waals surface area (Å²) in [5, 5.41) is 19.8. The predicted octanol–water partition coefficient (Wildman–Crippen LogP) is 2.28. The summed E-state index contributed by atoms with van der Waals surface area (Å²) in [4.78, 5) is 10.1. The van der Waals surface area contributed by atoms with Gasteiger partial charge in [-0.2, -0.15) is 0 Å². The molecule has 0 fully saturated rings. The number of aliphatic hydroxyl groups excluding tert-OH is 1. The van der Waals surface area contributed by atoms with Crippen LogP contribution in [-0.2, 0) is 11.3 Å². The molecule has 6 heteroatoms. The quantitative estimate of drug-likeness (QED) is 0.486. The van der Waals surface area contributed by atoms with Gasteiger partial charge in [0.05, 0.1) is 23.7 Å². The van der Waals surface area contributed by atoms with Crippen LogP contribution >= 0.6 is 0 Å². The van der Waals surface area contributed by atoms with Crippen molar-refractivity contribution in [2.45, 2.75) is 33.0 Å². The van der Waals surface area contributed by atoms with Crippen LogP contribution in [0.25, 0.3) is 0 Å². The minimum Gasteiger partial charge on any atom is -0.491 e. The molecule has 1 rings (SSSR count). The van der Waals surface area contributed by atoms with Crippen molar-refractivity contribution in [3.63, 3.8) is 0 Å². The number of aliphatic hydroxyl groups is 1. The number of nitro groups is 1. The number of hydrogen-bond acceptors (Lipinski definition) is 5. The number of nitrogens with zero attached hydrogens (tertiary/aromatic N) is 1. The Morgan fingerprint density at radius 1 is 1.32 bits per heavy atom. The van der Waals surface area contributed by atoms with Gasteiger partial charge >= 0.3 is 0 Å². The van der Waals surface area contributed by atoms with Crippen molar-refractivity contribution in [3.8, 4) is 5.75 Å². The summed E-state index contributed by atoms with van der Waals surface area (Å²) in [6.07, 6.45) is 0. The summed E-state index contributed by atoms with van der Waals surface area (Å²) in [6, 6.07) is 4.14. The standard InChI is InChI=1S/C13H19NO5/c1-13(2,3)19-7-6-18-12-5-4-11(14(16)17)8-10(12)9-15/h4-5,8,15H,6-7,9H2,1-3H3. The number of nitro benzene ring substituents is 1. The Bertz CT molecular complexity index is 439. The fraction of sp³-hybridized carbons (Fsp3) is 0.538. The molecule has 19 heavy (non-hydrogen) atoms. The maximum atomic E-state index is 10.6. The Kier molecular flexibility index (Phi) is 5.26. The van der Waals surface area contributed by atoms with Gasteiger partial charge in [0.1, 0.15) is 12.4 Å². The Morgan fingerprint density at radius 3 is 2.53 bits per heavy atom. The molecule has 0 amide bonds. The van der Waals surface area contributed by atoms with Gasteiger partial charge in [-0.05, 0) is 26.8 Å². The number of non-ortho nitro benzene ring substituents is 1. The summed E-state index contributed by atoms with van der Waals surface area (Å²) in [6.45, 7) is 6.25. The lowest BCUT2D eigenvalue weighted by Gasteiger charge is -2.19. The first kappa shape index (κ1) is 15.4. The monoisotopic (exact) mass is 269 g/mol. The molecular formula is C13H19NO5. The van der Waals surface area contributed by atoms with Crippen molar-refractivity contribution in [3.05, 3.63) is 33.9 Å². The van der Waals surface area contributed by atoms with Gasteiger partial charge in [0.25, 0.3) is 5.69 Å². The van der Waals surface area contributed by atoms with Gasteiger partial charge in [0.2, 0.25) is 0 Å². The van der Waals surface area contributed by atoms with Gasteiger partial charge in [-0.25, -0.2) is 0 Å². The average molecular weight is 269 g/mol. The van der Waals surface area contributed by atoms with Crippen LogP contribution in [0, 0.1) is 10.1 Å². The van der Waals surface area contributed by atoms with Crippen LogP contribution in [0.15, 0.2) is 18.2 Å². The summed E-state index contributed by atoms with van der Waals surface area (Å²) in [5.74, 6) is 0.436. The van der Waals surface area contributed by atoms with Crippen molar-refractivity contribution >= 4 is 5.69 Å². The van der Waals surface area contributed by atoms with Crippen LogP contribution in [0.4, 0.5) is 5.69 Å². The van der Waals surface area contributed by atoms with Crippen LogP contribution in [-0.4, -0.2) is 28.8 Å². The average Bonchev–Trinajstić information content (AvgIpc) is 2.33. The normalized spacial score (nSPS) is 11.4. The zero-order valence-electron chi connectivity index (χ0n) is 11.4. The van der Waals surface area contributed by atoms with E-state index in [1.165, 1.54) is 18.2 Å². The molecule has 0 atom stereocenters. The van der Waals surface area contributed by atoms with Crippen LogP contribution in [0.5, 0.6) is 5.75 Å². The second-order valence-corrected chi connectivity index (χ2v) is 5.02. The van der Waals surface area contributed by atoms with Crippen molar-refractivity contribution in [2.24, 2.45) is 0 Å². The molecular weight excluding hydrogens is 250 g/mol. The largest absolute Gasteiger partial charge is 0.491 e. The number of benzene rings is 1. The molecule has 106 valence electrons. The maximum Gasteiger partial charge on any atom is 0.270 e. The third-order valence-electron chi connectivity index (χ3n) is 2.30. The molecule has 0 saturated heterocycles. The smallest absolute Gasteiger partial charge is 0.270 e. The highest BCUT2D eigenvalue weighted by Crippen LogP contribution is 2.24. The zero-order valence-corrected chi connectivity index (χ0v) is 11.4. The van der Waals surface area contributed by atoms with E-state index in [0.717, 1.165) is 0 Å². The van der Waals surface area contributed by atoms with E-state index >= 15 is 0 Å². The van der Waals surface area contributed by atoms with E-state index in [4.69, 9.17) is 9.47 Å². The summed E-state index contributed by atoms with van der Waals surface area (Å²) in [5.41, 5.74) is 0.0887. The molecule has 0 radical (unpaired) electrons. The van der Waals surface area contributed by atoms with E-state index in [9.17, 15) is 15.2 Å². The van der Waals surface area contributed by atoms with Gasteiger partial charge in [-0.3, -0.25) is 10.1 Å². The number of ether oxygens (including phenoxy) is 2. The molecule has 0 unspecified atom stereocenters. The van der Waals surface area contributed by atoms with E-state index < -0.39 is 4.92 Å². The van der Waals surface area contributed by atoms with E-state index in [0.29, 0.717) is 24.5 Å². The molecule has 0 heterocycles. The molecule has 0 aromatic heterocycles. The second kappa shape index (κ2) is 6.49. The Morgan fingerprint density at radius 2 is 2.00 bits per heavy atom. The molecule has 0 saturated carbocycles. The first-order valence-electron chi connectivity index (χ1n) is 5.98. The Labute approximate surface area is 112 Å². The van der Waals surface area contributed by atoms with Gasteiger partial charge in [-0.1, -0.05) is 0 Å². The molecule has 1 aromatic rings. The first-order chi connectivity index (χ1) is 8.83. The van der Waals surface area contributed by atoms with Crippen LogP contribution in [0.2, 0.25) is 0 Å². The minimum absolute atomic E-state index is 0.0673. The van der Waals surface area contributed by atoms with Crippen molar-refractivity contribution in [2.75, 3.05) is 13.2 Å². The lowest BCUT2D eigenvalue weighted by molar-refractivity contribution is -0.385.